The van der Waals surface area contributed by atoms with Crippen molar-refractivity contribution < 1.29 is 40.9 Å². The van der Waals surface area contributed by atoms with Crippen molar-refractivity contribution >= 4 is 33.3 Å². The maximum absolute atomic E-state index is 10.3. The Morgan fingerprint density at radius 3 is 1.23 bits per heavy atom. The van der Waals surface area contributed by atoms with Crippen molar-refractivity contribution in [3.8, 4) is 0 Å². The van der Waals surface area contributed by atoms with Gasteiger partial charge in [-0.3, -0.25) is 4.79 Å². The second kappa shape index (κ2) is 24.6. The first kappa shape index (κ1) is 28.2. The summed E-state index contributed by atoms with van der Waals surface area (Å²) in [5.74, 6) is -0.653. The summed E-state index contributed by atoms with van der Waals surface area (Å²) >= 11 is 0. The molecule has 0 atom stereocenters. The quantitative estimate of drug-likeness (QED) is 0.252. The average Bonchev–Trinajstić information content (AvgIpc) is 2.43. The first-order chi connectivity index (χ1) is 9.77. The molecule has 128 valence electrons. The van der Waals surface area contributed by atoms with E-state index in [0.29, 0.717) is 6.42 Å². The molecular formula is C18H39NaO2Pb. The van der Waals surface area contributed by atoms with Gasteiger partial charge in [-0.15, -0.1) is 0 Å². The number of unbranched alkanes of at least 4 members (excludes halogenated alkanes) is 14. The van der Waals surface area contributed by atoms with Gasteiger partial charge in [0.2, 0.25) is 0 Å². The van der Waals surface area contributed by atoms with Crippen molar-refractivity contribution in [2.45, 2.75) is 110 Å². The van der Waals surface area contributed by atoms with Crippen LogP contribution in [0.4, 0.5) is 0 Å². The topological polar surface area (TPSA) is 37.3 Å². The van der Waals surface area contributed by atoms with Gasteiger partial charge in [-0.1, -0.05) is 96.8 Å². The summed E-state index contributed by atoms with van der Waals surface area (Å²) in [5, 5.41) is 8.52. The molecule has 0 aliphatic carbocycles. The monoisotopic (exact) mass is 518 g/mol. The summed E-state index contributed by atoms with van der Waals surface area (Å²) in [6.07, 6.45) is 20.2. The van der Waals surface area contributed by atoms with Crippen molar-refractivity contribution in [2.24, 2.45) is 0 Å². The molecule has 0 unspecified atom stereocenters. The standard InChI is InChI=1S/C18H36O2.Na.Pb.3H/c1-2-3-4-5-6-7-8-9-10-11-12-13-14-15-16-17-18(19)20;;;;;/h2-17H2,1H3,(H,19,20);;;;;/q;+1;;;;-1. The van der Waals surface area contributed by atoms with Crippen molar-refractivity contribution in [3.05, 3.63) is 0 Å². The van der Waals surface area contributed by atoms with E-state index < -0.39 is 5.97 Å². The number of carbonyl (C=O) groups is 1. The molecule has 0 heterocycles. The van der Waals surface area contributed by atoms with Gasteiger partial charge in [0.15, 0.2) is 0 Å². The number of hydrogen-bond acceptors (Lipinski definition) is 1. The summed E-state index contributed by atoms with van der Waals surface area (Å²) in [4.78, 5) is 10.3. The molecule has 0 aromatic carbocycles. The molecule has 0 bridgehead atoms. The Kier molecular flexibility index (Phi) is 31.6. The Morgan fingerprint density at radius 2 is 0.955 bits per heavy atom. The number of rotatable bonds is 16. The van der Waals surface area contributed by atoms with Crippen LogP contribution in [0.5, 0.6) is 0 Å². The fourth-order valence-corrected chi connectivity index (χ4v) is 2.65. The van der Waals surface area contributed by atoms with Gasteiger partial charge in [-0.2, -0.15) is 0 Å². The summed E-state index contributed by atoms with van der Waals surface area (Å²) in [5.41, 5.74) is 0. The molecule has 0 spiro atoms. The molecule has 0 fully saturated rings. The Balaban J connectivity index is -0.000000602. The second-order valence-electron chi connectivity index (χ2n) is 6.09. The summed E-state index contributed by atoms with van der Waals surface area (Å²) in [6.45, 7) is 2.27. The molecule has 1 N–H and O–H groups in total. The first-order valence-corrected chi connectivity index (χ1v) is 8.99. The van der Waals surface area contributed by atoms with E-state index in [1.54, 1.807) is 0 Å². The van der Waals surface area contributed by atoms with Crippen molar-refractivity contribution in [2.75, 3.05) is 0 Å². The van der Waals surface area contributed by atoms with E-state index in [4.69, 9.17) is 5.11 Å². The Hall–Kier alpha value is 1.39. The van der Waals surface area contributed by atoms with Gasteiger partial charge < -0.3 is 6.53 Å². The molecule has 4 heteroatoms. The van der Waals surface area contributed by atoms with E-state index in [9.17, 15) is 4.79 Å². The van der Waals surface area contributed by atoms with Crippen LogP contribution in [-0.2, 0) is 4.79 Å². The van der Waals surface area contributed by atoms with Crippen LogP contribution in [-0.4, -0.2) is 38.4 Å². The van der Waals surface area contributed by atoms with Crippen molar-refractivity contribution in [3.63, 3.8) is 0 Å². The van der Waals surface area contributed by atoms with E-state index in [1.165, 1.54) is 83.5 Å². The van der Waals surface area contributed by atoms with Crippen LogP contribution < -0.4 is 29.6 Å². The number of carboxylic acids is 1. The zero-order valence-corrected chi connectivity index (χ0v) is 22.9. The molecule has 0 aliphatic heterocycles. The summed E-state index contributed by atoms with van der Waals surface area (Å²) < 4.78 is 0. The normalized spacial score (nSPS) is 9.86. The van der Waals surface area contributed by atoms with Crippen molar-refractivity contribution in [1.82, 2.24) is 0 Å². The minimum absolute atomic E-state index is 0. The molecule has 0 saturated heterocycles. The predicted molar refractivity (Wildman–Crippen MR) is 96.8 cm³/mol. The van der Waals surface area contributed by atoms with E-state index in [1.807, 2.05) is 0 Å². The third-order valence-electron chi connectivity index (χ3n) is 3.99. The number of carboxylic acid groups (broad SMARTS) is 1. The van der Waals surface area contributed by atoms with Crippen LogP contribution >= 0.6 is 0 Å². The van der Waals surface area contributed by atoms with Gasteiger partial charge >= 0.3 is 62.8 Å². The van der Waals surface area contributed by atoms with E-state index in [2.05, 4.69) is 6.92 Å². The van der Waals surface area contributed by atoms with Gasteiger partial charge in [0.1, 0.15) is 0 Å². The zero-order chi connectivity index (χ0) is 14.9. The van der Waals surface area contributed by atoms with Crippen LogP contribution in [0.25, 0.3) is 0 Å². The van der Waals surface area contributed by atoms with Crippen LogP contribution in [0, 0.1) is 0 Å². The van der Waals surface area contributed by atoms with E-state index in [-0.39, 0.29) is 58.3 Å². The third-order valence-corrected chi connectivity index (χ3v) is 3.99. The molecule has 0 saturated carbocycles. The molecule has 0 aromatic rings. The Bertz CT molecular complexity index is 219. The molecule has 0 amide bonds. The van der Waals surface area contributed by atoms with E-state index >= 15 is 0 Å². The van der Waals surface area contributed by atoms with Crippen LogP contribution in [0.1, 0.15) is 111 Å². The summed E-state index contributed by atoms with van der Waals surface area (Å²) in [7, 11) is 0. The Morgan fingerprint density at radius 1 is 0.682 bits per heavy atom. The third kappa shape index (κ3) is 26.3. The second-order valence-corrected chi connectivity index (χ2v) is 6.09. The predicted octanol–water partition coefficient (Wildman–Crippen LogP) is 2.53. The van der Waals surface area contributed by atoms with E-state index in [0.717, 1.165) is 12.8 Å². The molecule has 22 heavy (non-hydrogen) atoms. The summed E-state index contributed by atoms with van der Waals surface area (Å²) in [6, 6.07) is 0. The SMILES string of the molecule is CCCCCCCCCCCCCCCCCC(=O)O.[H-].[Na+].[PbH2]. The molecule has 0 rings (SSSR count). The fraction of sp³-hybridized carbons (Fsp3) is 0.944. The van der Waals surface area contributed by atoms with Crippen LogP contribution in [0.3, 0.4) is 0 Å². The van der Waals surface area contributed by atoms with Gasteiger partial charge in [-0.05, 0) is 6.42 Å². The van der Waals surface area contributed by atoms with Gasteiger partial charge in [0, 0.05) is 6.42 Å². The number of aliphatic carboxylic acids is 1. The molecule has 0 aliphatic rings. The Labute approximate surface area is 182 Å². The molecule has 0 aromatic heterocycles. The number of hydrogen-bond donors (Lipinski definition) is 1. The molecular weight excluding hydrogens is 478 g/mol. The van der Waals surface area contributed by atoms with Crippen LogP contribution in [0.15, 0.2) is 0 Å². The van der Waals surface area contributed by atoms with Gasteiger partial charge in [-0.25, -0.2) is 0 Å². The average molecular weight is 518 g/mol. The van der Waals surface area contributed by atoms with Gasteiger partial charge in [0.05, 0.1) is 0 Å². The fourth-order valence-electron chi connectivity index (χ4n) is 2.65. The molecule has 2 radical (unpaired) electrons. The van der Waals surface area contributed by atoms with Crippen LogP contribution in [0.2, 0.25) is 0 Å². The maximum atomic E-state index is 10.3. The molecule has 2 nitrogen and oxygen atoms in total. The first-order valence-electron chi connectivity index (χ1n) is 8.99. The minimum atomic E-state index is -0.653. The van der Waals surface area contributed by atoms with Gasteiger partial charge in [0.25, 0.3) is 0 Å². The zero-order valence-electron chi connectivity index (χ0n) is 16.4. The van der Waals surface area contributed by atoms with Crippen molar-refractivity contribution in [1.29, 1.82) is 0 Å².